The van der Waals surface area contributed by atoms with E-state index in [1.807, 2.05) is 0 Å². The molecule has 0 aliphatic heterocycles. The highest BCUT2D eigenvalue weighted by Crippen LogP contribution is 2.07. The van der Waals surface area contributed by atoms with Gasteiger partial charge < -0.3 is 19.9 Å². The number of nitrogens with one attached hydrogen (secondary N) is 1. The number of hydrogen-bond acceptors (Lipinski definition) is 5. The zero-order chi connectivity index (χ0) is 15.9. The Kier molecular flexibility index (Phi) is 6.10. The summed E-state index contributed by atoms with van der Waals surface area (Å²) < 4.78 is 10.3. The summed E-state index contributed by atoms with van der Waals surface area (Å²) in [7, 11) is 0. The Hall–Kier alpha value is -2.15. The van der Waals surface area contributed by atoms with Crippen LogP contribution in [0.5, 0.6) is 0 Å². The minimum absolute atomic E-state index is 0.167. The van der Waals surface area contributed by atoms with Gasteiger partial charge in [-0.1, -0.05) is 6.07 Å². The summed E-state index contributed by atoms with van der Waals surface area (Å²) in [5, 5.41) is 11.3. The third-order valence-corrected chi connectivity index (χ3v) is 2.25. The van der Waals surface area contributed by atoms with Gasteiger partial charge in [-0.3, -0.25) is 4.98 Å². The van der Waals surface area contributed by atoms with Crippen molar-refractivity contribution in [2.75, 3.05) is 6.61 Å². The van der Waals surface area contributed by atoms with Crippen molar-refractivity contribution in [2.24, 2.45) is 0 Å². The molecule has 0 spiro atoms. The number of carbonyl (C=O) groups excluding carboxylic acids is 1. The van der Waals surface area contributed by atoms with Crippen molar-refractivity contribution in [3.8, 4) is 0 Å². The molecule has 0 aliphatic rings. The molecule has 21 heavy (non-hydrogen) atoms. The van der Waals surface area contributed by atoms with Gasteiger partial charge in [-0.15, -0.1) is 0 Å². The fourth-order valence-corrected chi connectivity index (χ4v) is 1.39. The molecule has 0 radical (unpaired) electrons. The SMILES string of the molecule is CC(C)(C)OC(=O)N[C@H](COCc1ccccn1)C(=O)O. The lowest BCUT2D eigenvalue weighted by atomic mass is 10.2. The highest BCUT2D eigenvalue weighted by molar-refractivity contribution is 5.80. The van der Waals surface area contributed by atoms with Crippen molar-refractivity contribution in [1.29, 1.82) is 0 Å². The summed E-state index contributed by atoms with van der Waals surface area (Å²) in [6.07, 6.45) is 0.822. The predicted molar refractivity (Wildman–Crippen MR) is 74.7 cm³/mol. The molecular weight excluding hydrogens is 276 g/mol. The first kappa shape index (κ1) is 16.9. The third kappa shape index (κ3) is 7.26. The van der Waals surface area contributed by atoms with Crippen LogP contribution in [0, 0.1) is 0 Å². The van der Waals surface area contributed by atoms with E-state index in [4.69, 9.17) is 14.6 Å². The van der Waals surface area contributed by atoms with Crippen molar-refractivity contribution in [2.45, 2.75) is 39.0 Å². The average molecular weight is 296 g/mol. The summed E-state index contributed by atoms with van der Waals surface area (Å²) >= 11 is 0. The molecule has 0 unspecified atom stereocenters. The largest absolute Gasteiger partial charge is 0.480 e. The number of carboxylic acid groups (broad SMARTS) is 1. The fourth-order valence-electron chi connectivity index (χ4n) is 1.39. The number of carboxylic acids is 1. The Morgan fingerprint density at radius 3 is 2.62 bits per heavy atom. The molecule has 1 aromatic rings. The third-order valence-electron chi connectivity index (χ3n) is 2.25. The van der Waals surface area contributed by atoms with Gasteiger partial charge in [0.25, 0.3) is 0 Å². The molecule has 0 aromatic carbocycles. The van der Waals surface area contributed by atoms with Crippen LogP contribution in [0.15, 0.2) is 24.4 Å². The van der Waals surface area contributed by atoms with Gasteiger partial charge in [0.15, 0.2) is 6.04 Å². The normalized spacial score (nSPS) is 12.5. The van der Waals surface area contributed by atoms with Crippen LogP contribution in [-0.4, -0.2) is 40.4 Å². The molecule has 2 N–H and O–H groups in total. The van der Waals surface area contributed by atoms with Crippen molar-refractivity contribution < 1.29 is 24.2 Å². The smallest absolute Gasteiger partial charge is 0.408 e. The Bertz CT molecular complexity index is 470. The molecule has 0 saturated carbocycles. The Morgan fingerprint density at radius 1 is 1.38 bits per heavy atom. The monoisotopic (exact) mass is 296 g/mol. The molecule has 0 aliphatic carbocycles. The minimum atomic E-state index is -1.19. The Balaban J connectivity index is 2.43. The maximum Gasteiger partial charge on any atom is 0.408 e. The van der Waals surface area contributed by atoms with Crippen LogP contribution < -0.4 is 5.32 Å². The molecule has 1 amide bonds. The number of rotatable bonds is 6. The van der Waals surface area contributed by atoms with E-state index in [1.165, 1.54) is 0 Å². The maximum atomic E-state index is 11.5. The molecule has 7 heteroatoms. The van der Waals surface area contributed by atoms with E-state index in [0.717, 1.165) is 0 Å². The topological polar surface area (TPSA) is 97.8 Å². The van der Waals surface area contributed by atoms with Crippen LogP contribution in [0.3, 0.4) is 0 Å². The highest BCUT2D eigenvalue weighted by Gasteiger charge is 2.24. The van der Waals surface area contributed by atoms with Crippen LogP contribution in [0.2, 0.25) is 0 Å². The molecule has 0 saturated heterocycles. The van der Waals surface area contributed by atoms with Crippen molar-refractivity contribution in [3.63, 3.8) is 0 Å². The molecule has 1 heterocycles. The van der Waals surface area contributed by atoms with Gasteiger partial charge in [0.05, 0.1) is 18.9 Å². The van der Waals surface area contributed by atoms with Crippen LogP contribution in [0.25, 0.3) is 0 Å². The number of pyridine rings is 1. The molecule has 0 bridgehead atoms. The zero-order valence-electron chi connectivity index (χ0n) is 12.3. The molecule has 7 nitrogen and oxygen atoms in total. The van der Waals surface area contributed by atoms with E-state index in [9.17, 15) is 9.59 Å². The minimum Gasteiger partial charge on any atom is -0.480 e. The number of aliphatic carboxylic acids is 1. The number of alkyl carbamates (subject to hydrolysis) is 1. The Morgan fingerprint density at radius 2 is 2.10 bits per heavy atom. The van der Waals surface area contributed by atoms with E-state index in [-0.39, 0.29) is 13.2 Å². The van der Waals surface area contributed by atoms with Gasteiger partial charge in [0.2, 0.25) is 0 Å². The lowest BCUT2D eigenvalue weighted by Crippen LogP contribution is -2.46. The van der Waals surface area contributed by atoms with Gasteiger partial charge >= 0.3 is 12.1 Å². The molecular formula is C14H20N2O5. The Labute approximate surface area is 123 Å². The molecule has 1 rings (SSSR count). The van der Waals surface area contributed by atoms with Crippen molar-refractivity contribution in [3.05, 3.63) is 30.1 Å². The standard InChI is InChI=1S/C14H20N2O5/c1-14(2,3)21-13(19)16-11(12(17)18)9-20-8-10-6-4-5-7-15-10/h4-7,11H,8-9H2,1-3H3,(H,16,19)(H,17,18)/t11-/m1/s1. The average Bonchev–Trinajstić information content (AvgIpc) is 2.36. The lowest BCUT2D eigenvalue weighted by Gasteiger charge is -2.21. The number of aromatic nitrogens is 1. The fraction of sp³-hybridized carbons (Fsp3) is 0.500. The quantitative estimate of drug-likeness (QED) is 0.827. The first-order valence-electron chi connectivity index (χ1n) is 6.48. The summed E-state index contributed by atoms with van der Waals surface area (Å²) in [6, 6.07) is 4.16. The maximum absolute atomic E-state index is 11.5. The second kappa shape index (κ2) is 7.58. The second-order valence-corrected chi connectivity index (χ2v) is 5.37. The van der Waals surface area contributed by atoms with E-state index in [0.29, 0.717) is 5.69 Å². The van der Waals surface area contributed by atoms with E-state index < -0.39 is 23.7 Å². The molecule has 1 atom stereocenters. The van der Waals surface area contributed by atoms with Gasteiger partial charge in [-0.05, 0) is 32.9 Å². The molecule has 1 aromatic heterocycles. The van der Waals surface area contributed by atoms with Crippen LogP contribution in [-0.2, 0) is 20.9 Å². The summed E-state index contributed by atoms with van der Waals surface area (Å²) in [5.41, 5.74) is -0.0130. The first-order valence-corrected chi connectivity index (χ1v) is 6.48. The number of nitrogens with zero attached hydrogens (tertiary/aromatic N) is 1. The number of amides is 1. The lowest BCUT2D eigenvalue weighted by molar-refractivity contribution is -0.141. The van der Waals surface area contributed by atoms with E-state index in [1.54, 1.807) is 45.2 Å². The van der Waals surface area contributed by atoms with Gasteiger partial charge in [0, 0.05) is 6.20 Å². The van der Waals surface area contributed by atoms with Crippen molar-refractivity contribution in [1.82, 2.24) is 10.3 Å². The van der Waals surface area contributed by atoms with Gasteiger partial charge in [-0.2, -0.15) is 0 Å². The predicted octanol–water partition coefficient (Wildman–Crippen LogP) is 1.58. The van der Waals surface area contributed by atoms with E-state index in [2.05, 4.69) is 10.3 Å². The molecule has 116 valence electrons. The van der Waals surface area contributed by atoms with E-state index >= 15 is 0 Å². The first-order chi connectivity index (χ1) is 9.78. The van der Waals surface area contributed by atoms with Gasteiger partial charge in [0.1, 0.15) is 5.60 Å². The summed E-state index contributed by atoms with van der Waals surface area (Å²) in [5.74, 6) is -1.19. The second-order valence-electron chi connectivity index (χ2n) is 5.37. The zero-order valence-corrected chi connectivity index (χ0v) is 12.3. The van der Waals surface area contributed by atoms with Crippen LogP contribution in [0.1, 0.15) is 26.5 Å². The number of carbonyl (C=O) groups is 2. The van der Waals surface area contributed by atoms with Crippen LogP contribution in [0.4, 0.5) is 4.79 Å². The number of ether oxygens (including phenoxy) is 2. The molecule has 0 fully saturated rings. The van der Waals surface area contributed by atoms with Gasteiger partial charge in [-0.25, -0.2) is 9.59 Å². The number of hydrogen-bond donors (Lipinski definition) is 2. The summed E-state index contributed by atoms with van der Waals surface area (Å²) in [4.78, 5) is 26.7. The van der Waals surface area contributed by atoms with Crippen molar-refractivity contribution >= 4 is 12.1 Å². The highest BCUT2D eigenvalue weighted by atomic mass is 16.6. The van der Waals surface area contributed by atoms with Crippen LogP contribution >= 0.6 is 0 Å². The summed E-state index contributed by atoms with van der Waals surface area (Å²) in [6.45, 7) is 5.07.